The molecule has 122 valence electrons. The minimum Gasteiger partial charge on any atom is -0.486 e. The summed E-state index contributed by atoms with van der Waals surface area (Å²) in [7, 11) is 0. The van der Waals surface area contributed by atoms with E-state index >= 15 is 0 Å². The van der Waals surface area contributed by atoms with Crippen LogP contribution in [0.3, 0.4) is 0 Å². The molecule has 0 spiro atoms. The quantitative estimate of drug-likeness (QED) is 0.656. The van der Waals surface area contributed by atoms with Crippen LogP contribution in [0.25, 0.3) is 22.3 Å². The average Bonchev–Trinajstić information content (AvgIpc) is 2.64. The maximum absolute atomic E-state index is 12.6. The third-order valence-corrected chi connectivity index (χ3v) is 4.47. The van der Waals surface area contributed by atoms with Gasteiger partial charge in [0.25, 0.3) is 0 Å². The van der Waals surface area contributed by atoms with E-state index in [9.17, 15) is 4.79 Å². The summed E-state index contributed by atoms with van der Waals surface area (Å²) in [6.45, 7) is 2.18. The molecule has 1 aliphatic rings. The predicted octanol–water partition coefficient (Wildman–Crippen LogP) is 4.15. The largest absolute Gasteiger partial charge is 0.486 e. The normalized spacial score (nSPS) is 16.3. The van der Waals surface area contributed by atoms with Crippen molar-refractivity contribution in [2.45, 2.75) is 13.0 Å². The summed E-state index contributed by atoms with van der Waals surface area (Å²) in [5.74, 6) is 2.20. The summed E-state index contributed by atoms with van der Waals surface area (Å²) < 4.78 is 17.4. The fourth-order valence-electron chi connectivity index (χ4n) is 2.84. The first-order valence-electron chi connectivity index (χ1n) is 7.69. The van der Waals surface area contributed by atoms with E-state index in [1.807, 2.05) is 30.3 Å². The Morgan fingerprint density at radius 3 is 2.83 bits per heavy atom. The average molecular weight is 343 g/mol. The number of benzene rings is 2. The molecule has 0 saturated heterocycles. The van der Waals surface area contributed by atoms with Gasteiger partial charge in [0, 0.05) is 11.1 Å². The van der Waals surface area contributed by atoms with Gasteiger partial charge in [-0.05, 0) is 37.3 Å². The van der Waals surface area contributed by atoms with Gasteiger partial charge in [-0.2, -0.15) is 0 Å². The van der Waals surface area contributed by atoms with E-state index in [1.54, 1.807) is 19.1 Å². The molecule has 1 atom stereocenters. The van der Waals surface area contributed by atoms with Crippen LogP contribution in [-0.4, -0.2) is 18.6 Å². The van der Waals surface area contributed by atoms with Gasteiger partial charge in [0.15, 0.2) is 16.9 Å². The van der Waals surface area contributed by atoms with Crippen LogP contribution in [0.15, 0.2) is 51.7 Å². The number of hydrogen-bond acceptors (Lipinski definition) is 4. The summed E-state index contributed by atoms with van der Waals surface area (Å²) in [6.07, 6.45) is -0.148. The number of ether oxygens (including phenoxy) is 2. The Bertz CT molecular complexity index is 977. The van der Waals surface area contributed by atoms with E-state index in [-0.39, 0.29) is 11.5 Å². The standard InChI is InChI=1S/C19H15ClO4/c1-11-18(21)14-4-2-3-5-15(14)24-19(11)12-6-7-16-17(8-12)22-10-13(9-20)23-16/h2-8,13H,9-10H2,1H3. The van der Waals surface area contributed by atoms with Crippen molar-refractivity contribution >= 4 is 22.6 Å². The van der Waals surface area contributed by atoms with Gasteiger partial charge in [0.1, 0.15) is 24.1 Å². The lowest BCUT2D eigenvalue weighted by atomic mass is 10.0. The maximum Gasteiger partial charge on any atom is 0.196 e. The predicted molar refractivity (Wildman–Crippen MR) is 93.3 cm³/mol. The number of halogens is 1. The summed E-state index contributed by atoms with van der Waals surface area (Å²) in [5.41, 5.74) is 1.90. The summed E-state index contributed by atoms with van der Waals surface area (Å²) in [4.78, 5) is 12.6. The molecule has 1 aliphatic heterocycles. The van der Waals surface area contributed by atoms with Crippen LogP contribution in [0.5, 0.6) is 11.5 Å². The van der Waals surface area contributed by atoms with Gasteiger partial charge in [-0.15, -0.1) is 11.6 Å². The van der Waals surface area contributed by atoms with Crippen LogP contribution < -0.4 is 14.9 Å². The Morgan fingerprint density at radius 1 is 1.17 bits per heavy atom. The van der Waals surface area contributed by atoms with Gasteiger partial charge in [0.2, 0.25) is 0 Å². The zero-order chi connectivity index (χ0) is 16.7. The molecule has 3 aromatic rings. The highest BCUT2D eigenvalue weighted by atomic mass is 35.5. The molecular formula is C19H15ClO4. The lowest BCUT2D eigenvalue weighted by molar-refractivity contribution is 0.106. The van der Waals surface area contributed by atoms with E-state index in [0.29, 0.717) is 46.3 Å². The van der Waals surface area contributed by atoms with Gasteiger partial charge in [-0.3, -0.25) is 4.79 Å². The Morgan fingerprint density at radius 2 is 2.00 bits per heavy atom. The third kappa shape index (κ3) is 2.43. The van der Waals surface area contributed by atoms with Crippen molar-refractivity contribution in [2.24, 2.45) is 0 Å². The fourth-order valence-corrected chi connectivity index (χ4v) is 2.99. The molecular weight excluding hydrogens is 328 g/mol. The molecule has 0 radical (unpaired) electrons. The molecule has 0 amide bonds. The Labute approximate surface area is 143 Å². The van der Waals surface area contributed by atoms with E-state index in [4.69, 9.17) is 25.5 Å². The van der Waals surface area contributed by atoms with E-state index in [2.05, 4.69) is 0 Å². The maximum atomic E-state index is 12.6. The zero-order valence-electron chi connectivity index (χ0n) is 13.0. The smallest absolute Gasteiger partial charge is 0.196 e. The van der Waals surface area contributed by atoms with Gasteiger partial charge in [-0.25, -0.2) is 0 Å². The van der Waals surface area contributed by atoms with Gasteiger partial charge in [-0.1, -0.05) is 12.1 Å². The highest BCUT2D eigenvalue weighted by molar-refractivity contribution is 6.18. The summed E-state index contributed by atoms with van der Waals surface area (Å²) >= 11 is 5.81. The molecule has 1 unspecified atom stereocenters. The number of alkyl halides is 1. The van der Waals surface area contributed by atoms with Gasteiger partial charge < -0.3 is 13.9 Å². The lowest BCUT2D eigenvalue weighted by Gasteiger charge is -2.25. The molecule has 4 rings (SSSR count). The van der Waals surface area contributed by atoms with Crippen LogP contribution in [0, 0.1) is 6.92 Å². The Hall–Kier alpha value is -2.46. The molecule has 0 N–H and O–H groups in total. The molecule has 4 nitrogen and oxygen atoms in total. The van der Waals surface area contributed by atoms with Crippen LogP contribution in [-0.2, 0) is 0 Å². The SMILES string of the molecule is Cc1c(-c2ccc3c(c2)OCC(CCl)O3)oc2ccccc2c1=O. The van der Waals surface area contributed by atoms with E-state index < -0.39 is 0 Å². The molecule has 5 heteroatoms. The van der Waals surface area contributed by atoms with E-state index in [0.717, 1.165) is 5.56 Å². The molecule has 0 fully saturated rings. The first kappa shape index (κ1) is 15.1. The number of hydrogen-bond donors (Lipinski definition) is 0. The van der Waals surface area contributed by atoms with Crippen LogP contribution >= 0.6 is 11.6 Å². The zero-order valence-corrected chi connectivity index (χ0v) is 13.8. The summed E-state index contributed by atoms with van der Waals surface area (Å²) in [6, 6.07) is 12.8. The number of para-hydroxylation sites is 1. The highest BCUT2D eigenvalue weighted by Gasteiger charge is 2.22. The van der Waals surface area contributed by atoms with Crippen molar-refractivity contribution in [3.05, 3.63) is 58.3 Å². The van der Waals surface area contributed by atoms with Crippen molar-refractivity contribution < 1.29 is 13.9 Å². The van der Waals surface area contributed by atoms with Crippen LogP contribution in [0.4, 0.5) is 0 Å². The summed E-state index contributed by atoms with van der Waals surface area (Å²) in [5, 5.41) is 0.584. The fraction of sp³-hybridized carbons (Fsp3) is 0.211. The molecule has 24 heavy (non-hydrogen) atoms. The second-order valence-corrected chi connectivity index (χ2v) is 6.06. The second kappa shape index (κ2) is 5.87. The molecule has 0 aliphatic carbocycles. The second-order valence-electron chi connectivity index (χ2n) is 5.75. The Kier molecular flexibility index (Phi) is 3.69. The minimum atomic E-state index is -0.148. The van der Waals surface area contributed by atoms with Crippen LogP contribution in [0.1, 0.15) is 5.56 Å². The molecule has 1 aromatic heterocycles. The first-order chi connectivity index (χ1) is 11.7. The van der Waals surface area contributed by atoms with Crippen molar-refractivity contribution in [3.63, 3.8) is 0 Å². The topological polar surface area (TPSA) is 48.7 Å². The van der Waals surface area contributed by atoms with Crippen molar-refractivity contribution in [1.82, 2.24) is 0 Å². The minimum absolute atomic E-state index is 0.0241. The lowest BCUT2D eigenvalue weighted by Crippen LogP contribution is -2.30. The number of rotatable bonds is 2. The van der Waals surface area contributed by atoms with E-state index in [1.165, 1.54) is 0 Å². The van der Waals surface area contributed by atoms with Gasteiger partial charge >= 0.3 is 0 Å². The van der Waals surface area contributed by atoms with Crippen molar-refractivity contribution in [2.75, 3.05) is 12.5 Å². The monoisotopic (exact) mass is 342 g/mol. The first-order valence-corrected chi connectivity index (χ1v) is 8.23. The number of fused-ring (bicyclic) bond motifs is 2. The third-order valence-electron chi connectivity index (χ3n) is 4.12. The molecule has 0 saturated carbocycles. The molecule has 2 aromatic carbocycles. The van der Waals surface area contributed by atoms with Gasteiger partial charge in [0.05, 0.1) is 11.3 Å². The molecule has 2 heterocycles. The highest BCUT2D eigenvalue weighted by Crippen LogP contribution is 2.37. The van der Waals surface area contributed by atoms with Crippen molar-refractivity contribution in [3.8, 4) is 22.8 Å². The van der Waals surface area contributed by atoms with Crippen molar-refractivity contribution in [1.29, 1.82) is 0 Å². The molecule has 0 bridgehead atoms. The van der Waals surface area contributed by atoms with Crippen LogP contribution in [0.2, 0.25) is 0 Å². The Balaban J connectivity index is 1.84.